The van der Waals surface area contributed by atoms with Crippen LogP contribution in [0.3, 0.4) is 0 Å². The van der Waals surface area contributed by atoms with Gasteiger partial charge >= 0.3 is 12.2 Å². The molecule has 3 amide bonds. The number of rotatable bonds is 16. The first-order valence-corrected chi connectivity index (χ1v) is 9.66. The maximum atomic E-state index is 11.7. The summed E-state index contributed by atoms with van der Waals surface area (Å²) in [4.78, 5) is 44.7. The molecule has 0 radical (unpaired) electrons. The van der Waals surface area contributed by atoms with Gasteiger partial charge in [0.25, 0.3) is 0 Å². The van der Waals surface area contributed by atoms with Crippen LogP contribution in [0.25, 0.3) is 0 Å². The predicted molar refractivity (Wildman–Crippen MR) is 102 cm³/mol. The van der Waals surface area contributed by atoms with Crippen molar-refractivity contribution < 1.29 is 33.4 Å². The zero-order chi connectivity index (χ0) is 21.0. The molecule has 0 fully saturated rings. The van der Waals surface area contributed by atoms with Crippen molar-refractivity contribution in [3.63, 3.8) is 0 Å². The third-order valence-electron chi connectivity index (χ3n) is 3.42. The zero-order valence-corrected chi connectivity index (χ0v) is 16.8. The Morgan fingerprint density at radius 2 is 1.50 bits per heavy atom. The van der Waals surface area contributed by atoms with Crippen LogP contribution in [0, 0.1) is 0 Å². The second kappa shape index (κ2) is 18.0. The van der Waals surface area contributed by atoms with Gasteiger partial charge in [0.15, 0.2) is 0 Å². The summed E-state index contributed by atoms with van der Waals surface area (Å²) >= 11 is 0. The number of amides is 3. The molecule has 0 rings (SSSR count). The zero-order valence-electron chi connectivity index (χ0n) is 16.8. The summed E-state index contributed by atoms with van der Waals surface area (Å²) in [6, 6.07) is 0. The molecule has 0 aliphatic rings. The SMILES string of the molecule is CCNC(=O)OCC(COC(=O)NCC)OCCCC(=O)NCCCCC=O. The number of aldehydes is 1. The van der Waals surface area contributed by atoms with Crippen molar-refractivity contribution in [3.8, 4) is 0 Å². The summed E-state index contributed by atoms with van der Waals surface area (Å²) in [6.07, 6.45) is 1.85. The Balaban J connectivity index is 4.09. The number of carbonyl (C=O) groups is 4. The number of carbonyl (C=O) groups excluding carboxylic acids is 4. The van der Waals surface area contributed by atoms with E-state index in [0.717, 1.165) is 19.1 Å². The smallest absolute Gasteiger partial charge is 0.407 e. The average molecular weight is 403 g/mol. The molecule has 0 unspecified atom stereocenters. The molecule has 10 nitrogen and oxygen atoms in total. The van der Waals surface area contributed by atoms with E-state index in [1.165, 1.54) is 0 Å². The fourth-order valence-corrected chi connectivity index (χ4v) is 2.02. The molecule has 0 spiro atoms. The molecule has 0 aromatic rings. The van der Waals surface area contributed by atoms with Crippen LogP contribution in [0.5, 0.6) is 0 Å². The summed E-state index contributed by atoms with van der Waals surface area (Å²) < 4.78 is 15.6. The van der Waals surface area contributed by atoms with Crippen LogP contribution < -0.4 is 16.0 Å². The van der Waals surface area contributed by atoms with Crippen molar-refractivity contribution in [3.05, 3.63) is 0 Å². The third-order valence-corrected chi connectivity index (χ3v) is 3.42. The van der Waals surface area contributed by atoms with E-state index >= 15 is 0 Å². The fraction of sp³-hybridized carbons (Fsp3) is 0.778. The van der Waals surface area contributed by atoms with Crippen molar-refractivity contribution in [1.82, 2.24) is 16.0 Å². The van der Waals surface area contributed by atoms with Gasteiger partial charge < -0.3 is 35.0 Å². The van der Waals surface area contributed by atoms with Crippen LogP contribution >= 0.6 is 0 Å². The minimum atomic E-state index is -0.628. The molecular weight excluding hydrogens is 370 g/mol. The lowest BCUT2D eigenvalue weighted by molar-refractivity contribution is -0.121. The second-order valence-electron chi connectivity index (χ2n) is 5.87. The van der Waals surface area contributed by atoms with Gasteiger partial charge in [-0.05, 0) is 33.1 Å². The lowest BCUT2D eigenvalue weighted by atomic mass is 10.2. The van der Waals surface area contributed by atoms with Crippen molar-refractivity contribution in [2.75, 3.05) is 39.5 Å². The van der Waals surface area contributed by atoms with Gasteiger partial charge in [0.2, 0.25) is 5.91 Å². The molecule has 0 saturated heterocycles. The van der Waals surface area contributed by atoms with Crippen LogP contribution in [0.1, 0.15) is 46.0 Å². The first-order valence-electron chi connectivity index (χ1n) is 9.66. The average Bonchev–Trinajstić information content (AvgIpc) is 2.67. The number of ether oxygens (including phenoxy) is 3. The Kier molecular flexibility index (Phi) is 16.5. The predicted octanol–water partition coefficient (Wildman–Crippen LogP) is 1.13. The maximum Gasteiger partial charge on any atom is 0.407 e. The topological polar surface area (TPSA) is 132 Å². The van der Waals surface area contributed by atoms with Crippen LogP contribution in [0.4, 0.5) is 9.59 Å². The highest BCUT2D eigenvalue weighted by atomic mass is 16.6. The molecule has 10 heteroatoms. The Hall–Kier alpha value is -2.36. The number of hydrogen-bond acceptors (Lipinski definition) is 7. The van der Waals surface area contributed by atoms with Crippen molar-refractivity contribution in [2.45, 2.75) is 52.1 Å². The lowest BCUT2D eigenvalue weighted by Crippen LogP contribution is -2.34. The van der Waals surface area contributed by atoms with Crippen LogP contribution in [-0.2, 0) is 23.8 Å². The molecule has 0 aliphatic heterocycles. The molecule has 0 aromatic carbocycles. The van der Waals surface area contributed by atoms with E-state index in [2.05, 4.69) is 16.0 Å². The largest absolute Gasteiger partial charge is 0.447 e. The third kappa shape index (κ3) is 15.9. The summed E-state index contributed by atoms with van der Waals surface area (Å²) in [5.41, 5.74) is 0. The summed E-state index contributed by atoms with van der Waals surface area (Å²) in [7, 11) is 0. The summed E-state index contributed by atoms with van der Waals surface area (Å²) in [5, 5.41) is 7.76. The highest BCUT2D eigenvalue weighted by Gasteiger charge is 2.15. The molecule has 0 heterocycles. The minimum absolute atomic E-state index is 0.0752. The maximum absolute atomic E-state index is 11.7. The number of nitrogens with one attached hydrogen (secondary N) is 3. The fourth-order valence-electron chi connectivity index (χ4n) is 2.02. The van der Waals surface area contributed by atoms with Crippen molar-refractivity contribution >= 4 is 24.4 Å². The Labute approximate surface area is 166 Å². The molecule has 0 bridgehead atoms. The number of hydrogen-bond donors (Lipinski definition) is 3. The van der Waals surface area contributed by atoms with Crippen LogP contribution in [0.2, 0.25) is 0 Å². The van der Waals surface area contributed by atoms with E-state index in [1.807, 2.05) is 0 Å². The first-order chi connectivity index (χ1) is 13.5. The second-order valence-corrected chi connectivity index (χ2v) is 5.87. The minimum Gasteiger partial charge on any atom is -0.447 e. The van der Waals surface area contributed by atoms with Gasteiger partial charge in [-0.3, -0.25) is 4.79 Å². The van der Waals surface area contributed by atoms with Gasteiger partial charge in [0.1, 0.15) is 25.6 Å². The van der Waals surface area contributed by atoms with Crippen LogP contribution in [0.15, 0.2) is 0 Å². The molecule has 0 aliphatic carbocycles. The molecule has 3 N–H and O–H groups in total. The molecule has 28 heavy (non-hydrogen) atoms. The number of unbranched alkanes of at least 4 members (excludes halogenated alkanes) is 2. The highest BCUT2D eigenvalue weighted by molar-refractivity contribution is 5.75. The van der Waals surface area contributed by atoms with Crippen molar-refractivity contribution in [1.29, 1.82) is 0 Å². The van der Waals surface area contributed by atoms with Crippen LogP contribution in [-0.4, -0.2) is 69.9 Å². The van der Waals surface area contributed by atoms with Gasteiger partial charge in [0.05, 0.1) is 0 Å². The van der Waals surface area contributed by atoms with E-state index < -0.39 is 18.3 Å². The van der Waals surface area contributed by atoms with Gasteiger partial charge in [0, 0.05) is 39.1 Å². The molecule has 0 aromatic heterocycles. The Morgan fingerprint density at radius 3 is 2.04 bits per heavy atom. The quantitative estimate of drug-likeness (QED) is 0.260. The first kappa shape index (κ1) is 25.6. The standard InChI is InChI=1S/C18H33N3O7/c1-3-19-17(24)27-13-15(14-28-18(25)20-4-2)26-12-8-9-16(23)21-10-6-5-7-11-22/h11,15H,3-10,12-14H2,1-2H3,(H,19,24)(H,20,25)(H,21,23). The summed E-state index contributed by atoms with van der Waals surface area (Å²) in [5.74, 6) is -0.0941. The van der Waals surface area contributed by atoms with Gasteiger partial charge in [-0.25, -0.2) is 9.59 Å². The van der Waals surface area contributed by atoms with E-state index in [9.17, 15) is 19.2 Å². The normalized spacial score (nSPS) is 10.2. The summed E-state index contributed by atoms with van der Waals surface area (Å²) in [6.45, 7) is 5.04. The number of alkyl carbamates (subject to hydrolysis) is 2. The highest BCUT2D eigenvalue weighted by Crippen LogP contribution is 2.00. The molecule has 162 valence electrons. The van der Waals surface area contributed by atoms with Gasteiger partial charge in [-0.1, -0.05) is 0 Å². The Morgan fingerprint density at radius 1 is 0.893 bits per heavy atom. The van der Waals surface area contributed by atoms with E-state index in [1.54, 1.807) is 13.8 Å². The molecular formula is C18H33N3O7. The molecule has 0 saturated carbocycles. The van der Waals surface area contributed by atoms with Gasteiger partial charge in [-0.15, -0.1) is 0 Å². The monoisotopic (exact) mass is 403 g/mol. The van der Waals surface area contributed by atoms with E-state index in [0.29, 0.717) is 32.5 Å². The van der Waals surface area contributed by atoms with Crippen molar-refractivity contribution in [2.24, 2.45) is 0 Å². The van der Waals surface area contributed by atoms with Gasteiger partial charge in [-0.2, -0.15) is 0 Å². The molecule has 0 atom stereocenters. The lowest BCUT2D eigenvalue weighted by Gasteiger charge is -2.18. The Bertz CT molecular complexity index is 438. The van der Waals surface area contributed by atoms with E-state index in [4.69, 9.17) is 14.2 Å². The van der Waals surface area contributed by atoms with E-state index in [-0.39, 0.29) is 32.1 Å².